The summed E-state index contributed by atoms with van der Waals surface area (Å²) in [5.74, 6) is 0.414. The second-order valence-corrected chi connectivity index (χ2v) is 5.25. The van der Waals surface area contributed by atoms with Gasteiger partial charge in [-0.15, -0.1) is 0 Å². The van der Waals surface area contributed by atoms with Crippen LogP contribution < -0.4 is 4.72 Å². The van der Waals surface area contributed by atoms with Crippen LogP contribution in [0.25, 0.3) is 0 Å². The van der Waals surface area contributed by atoms with Crippen LogP contribution in [-0.2, 0) is 23.6 Å². The van der Waals surface area contributed by atoms with E-state index in [2.05, 4.69) is 25.0 Å². The van der Waals surface area contributed by atoms with Gasteiger partial charge in [0.25, 0.3) is 0 Å². The van der Waals surface area contributed by atoms with E-state index in [4.69, 9.17) is 0 Å². The Morgan fingerprint density at radius 2 is 2.29 bits per heavy atom. The third kappa shape index (κ3) is 2.50. The van der Waals surface area contributed by atoms with Crippen LogP contribution in [0.4, 0.5) is 0 Å². The molecular formula is C8H12N6O2S. The zero-order valence-electron chi connectivity index (χ0n) is 9.38. The third-order valence-corrected chi connectivity index (χ3v) is 3.66. The van der Waals surface area contributed by atoms with Crippen LogP contribution in [0.3, 0.4) is 0 Å². The molecule has 0 unspecified atom stereocenters. The molecule has 0 atom stereocenters. The number of hydrogen-bond acceptors (Lipinski definition) is 5. The van der Waals surface area contributed by atoms with Crippen LogP contribution in [-0.4, -0.2) is 33.4 Å². The fourth-order valence-corrected chi connectivity index (χ4v) is 2.43. The van der Waals surface area contributed by atoms with Crippen molar-refractivity contribution >= 4 is 10.0 Å². The van der Waals surface area contributed by atoms with Crippen LogP contribution in [0.5, 0.6) is 0 Å². The normalized spacial score (nSPS) is 11.9. The van der Waals surface area contributed by atoms with Crippen molar-refractivity contribution in [2.75, 3.05) is 0 Å². The minimum atomic E-state index is -3.57. The van der Waals surface area contributed by atoms with Crippen LogP contribution >= 0.6 is 0 Å². The highest BCUT2D eigenvalue weighted by atomic mass is 32.2. The number of H-pyrrole nitrogens is 1. The molecule has 2 heterocycles. The Labute approximate surface area is 98.1 Å². The molecule has 0 aromatic carbocycles. The highest BCUT2D eigenvalue weighted by molar-refractivity contribution is 7.89. The van der Waals surface area contributed by atoms with Crippen molar-refractivity contribution in [3.8, 4) is 0 Å². The molecule has 0 aliphatic rings. The van der Waals surface area contributed by atoms with Gasteiger partial charge in [-0.25, -0.2) is 18.1 Å². The van der Waals surface area contributed by atoms with Crippen molar-refractivity contribution in [3.63, 3.8) is 0 Å². The lowest BCUT2D eigenvalue weighted by molar-refractivity contribution is 0.578. The SMILES string of the molecule is Cc1[nH]ncc1S(=O)(=O)NCc1ncn(C)n1. The van der Waals surface area contributed by atoms with E-state index in [1.165, 1.54) is 17.2 Å². The molecule has 0 aliphatic heterocycles. The Balaban J connectivity index is 2.11. The Morgan fingerprint density at radius 3 is 2.82 bits per heavy atom. The number of rotatable bonds is 4. The monoisotopic (exact) mass is 256 g/mol. The predicted molar refractivity (Wildman–Crippen MR) is 58.4 cm³/mol. The van der Waals surface area contributed by atoms with Gasteiger partial charge in [-0.1, -0.05) is 0 Å². The van der Waals surface area contributed by atoms with Gasteiger partial charge < -0.3 is 0 Å². The first-order chi connectivity index (χ1) is 7.99. The summed E-state index contributed by atoms with van der Waals surface area (Å²) in [7, 11) is -1.86. The number of aryl methyl sites for hydroxylation is 2. The molecule has 2 N–H and O–H groups in total. The molecule has 0 spiro atoms. The molecular weight excluding hydrogens is 244 g/mol. The molecule has 2 aromatic heterocycles. The van der Waals surface area contributed by atoms with Crippen molar-refractivity contribution < 1.29 is 8.42 Å². The fourth-order valence-electron chi connectivity index (χ4n) is 1.31. The van der Waals surface area contributed by atoms with Gasteiger partial charge in [0.2, 0.25) is 10.0 Å². The van der Waals surface area contributed by atoms with Gasteiger partial charge in [-0.3, -0.25) is 9.78 Å². The molecule has 8 nitrogen and oxygen atoms in total. The number of nitrogens with zero attached hydrogens (tertiary/aromatic N) is 4. The topological polar surface area (TPSA) is 106 Å². The summed E-state index contributed by atoms with van der Waals surface area (Å²) in [5, 5.41) is 10.2. The van der Waals surface area contributed by atoms with Crippen molar-refractivity contribution in [1.82, 2.24) is 29.7 Å². The average molecular weight is 256 g/mol. The van der Waals surface area contributed by atoms with E-state index in [1.54, 1.807) is 14.0 Å². The number of aromatic amines is 1. The van der Waals surface area contributed by atoms with Crippen LogP contribution in [0.1, 0.15) is 11.5 Å². The van der Waals surface area contributed by atoms with Crippen LogP contribution in [0.15, 0.2) is 17.4 Å². The second kappa shape index (κ2) is 4.26. The average Bonchev–Trinajstić information content (AvgIpc) is 2.85. The van der Waals surface area contributed by atoms with Crippen molar-refractivity contribution in [1.29, 1.82) is 0 Å². The number of hydrogen-bond donors (Lipinski definition) is 2. The third-order valence-electron chi connectivity index (χ3n) is 2.14. The molecule has 9 heteroatoms. The Hall–Kier alpha value is -1.74. The maximum absolute atomic E-state index is 11.9. The van der Waals surface area contributed by atoms with E-state index in [9.17, 15) is 8.42 Å². The summed E-state index contributed by atoms with van der Waals surface area (Å²) in [6.07, 6.45) is 2.77. The first-order valence-electron chi connectivity index (χ1n) is 4.83. The van der Waals surface area contributed by atoms with Crippen molar-refractivity contribution in [2.24, 2.45) is 7.05 Å². The van der Waals surface area contributed by atoms with Gasteiger partial charge in [0.1, 0.15) is 11.2 Å². The Kier molecular flexibility index (Phi) is 2.94. The van der Waals surface area contributed by atoms with E-state index in [0.29, 0.717) is 11.5 Å². The second-order valence-electron chi connectivity index (χ2n) is 3.52. The lowest BCUT2D eigenvalue weighted by Crippen LogP contribution is -2.24. The lowest BCUT2D eigenvalue weighted by Gasteiger charge is -2.02. The molecule has 0 aliphatic carbocycles. The number of aromatic nitrogens is 5. The summed E-state index contributed by atoms with van der Waals surface area (Å²) in [4.78, 5) is 4.06. The smallest absolute Gasteiger partial charge is 0.244 e. The highest BCUT2D eigenvalue weighted by Crippen LogP contribution is 2.10. The predicted octanol–water partition coefficient (Wildman–Crippen LogP) is -0.675. The molecule has 92 valence electrons. The van der Waals surface area contributed by atoms with Crippen molar-refractivity contribution in [3.05, 3.63) is 24.0 Å². The zero-order valence-corrected chi connectivity index (χ0v) is 10.2. The van der Waals surface area contributed by atoms with Gasteiger partial charge in [0.05, 0.1) is 18.4 Å². The van der Waals surface area contributed by atoms with Crippen LogP contribution in [0.2, 0.25) is 0 Å². The summed E-state index contributed by atoms with van der Waals surface area (Å²) >= 11 is 0. The summed E-state index contributed by atoms with van der Waals surface area (Å²) in [5.41, 5.74) is 0.492. The molecule has 0 bridgehead atoms. The zero-order chi connectivity index (χ0) is 12.5. The minimum absolute atomic E-state index is 0.0494. The minimum Gasteiger partial charge on any atom is -0.281 e. The molecule has 0 saturated heterocycles. The summed E-state index contributed by atoms with van der Waals surface area (Å²) in [6, 6.07) is 0. The van der Waals surface area contributed by atoms with E-state index < -0.39 is 10.0 Å². The standard InChI is InChI=1S/C8H12N6O2S/c1-6-7(3-10-12-6)17(15,16)11-4-8-9-5-14(2)13-8/h3,5,11H,4H2,1-2H3,(H,10,12). The Bertz CT molecular complexity index is 614. The number of sulfonamides is 1. The molecule has 17 heavy (non-hydrogen) atoms. The quantitative estimate of drug-likeness (QED) is 0.754. The summed E-state index contributed by atoms with van der Waals surface area (Å²) < 4.78 is 27.6. The first kappa shape index (κ1) is 11.7. The fraction of sp³-hybridized carbons (Fsp3) is 0.375. The Morgan fingerprint density at radius 1 is 1.53 bits per heavy atom. The van der Waals surface area contributed by atoms with E-state index in [-0.39, 0.29) is 11.4 Å². The highest BCUT2D eigenvalue weighted by Gasteiger charge is 2.18. The summed E-state index contributed by atoms with van der Waals surface area (Å²) in [6.45, 7) is 1.69. The lowest BCUT2D eigenvalue weighted by atomic mass is 10.5. The van der Waals surface area contributed by atoms with Gasteiger partial charge in [0, 0.05) is 7.05 Å². The maximum atomic E-state index is 11.9. The number of nitrogens with one attached hydrogen (secondary N) is 2. The van der Waals surface area contributed by atoms with Gasteiger partial charge in [0.15, 0.2) is 5.82 Å². The molecule has 0 fully saturated rings. The van der Waals surface area contributed by atoms with E-state index in [0.717, 1.165) is 0 Å². The molecule has 0 radical (unpaired) electrons. The largest absolute Gasteiger partial charge is 0.281 e. The molecule has 0 amide bonds. The van der Waals surface area contributed by atoms with Crippen molar-refractivity contribution in [2.45, 2.75) is 18.4 Å². The van der Waals surface area contributed by atoms with Gasteiger partial charge >= 0.3 is 0 Å². The first-order valence-corrected chi connectivity index (χ1v) is 6.31. The van der Waals surface area contributed by atoms with Crippen LogP contribution in [0, 0.1) is 6.92 Å². The molecule has 0 saturated carbocycles. The maximum Gasteiger partial charge on any atom is 0.244 e. The van der Waals surface area contributed by atoms with Gasteiger partial charge in [-0.05, 0) is 6.92 Å². The van der Waals surface area contributed by atoms with E-state index >= 15 is 0 Å². The van der Waals surface area contributed by atoms with Gasteiger partial charge in [-0.2, -0.15) is 10.2 Å². The van der Waals surface area contributed by atoms with E-state index in [1.807, 2.05) is 0 Å². The molecule has 2 aromatic rings. The molecule has 2 rings (SSSR count).